The monoisotopic (exact) mass is 278 g/mol. The molecule has 0 aromatic heterocycles. The molecule has 0 saturated carbocycles. The average molecular weight is 278 g/mol. The van der Waals surface area contributed by atoms with Gasteiger partial charge in [0.05, 0.1) is 11.2 Å². The molecule has 0 unspecified atom stereocenters. The Bertz CT molecular complexity index is 368. The molecule has 0 bridgehead atoms. The summed E-state index contributed by atoms with van der Waals surface area (Å²) >= 11 is 0. The van der Waals surface area contributed by atoms with Crippen LogP contribution in [0.4, 0.5) is 0 Å². The van der Waals surface area contributed by atoms with E-state index in [0.717, 1.165) is 25.7 Å². The lowest BCUT2D eigenvalue weighted by atomic mass is 9.75. The Balaban J connectivity index is 3.06. The molecular formula is C17H31BO2. The summed E-state index contributed by atoms with van der Waals surface area (Å²) in [7, 11) is -0.236. The van der Waals surface area contributed by atoms with Crippen molar-refractivity contribution in [2.75, 3.05) is 0 Å². The molecule has 1 heterocycles. The molecule has 0 atom stereocenters. The van der Waals surface area contributed by atoms with Crippen LogP contribution < -0.4 is 0 Å². The smallest absolute Gasteiger partial charge is 0.399 e. The highest BCUT2D eigenvalue weighted by Crippen LogP contribution is 2.39. The Kier molecular flexibility index (Phi) is 6.13. The van der Waals surface area contributed by atoms with Crippen molar-refractivity contribution < 1.29 is 9.31 Å². The Morgan fingerprint density at radius 1 is 0.950 bits per heavy atom. The molecule has 20 heavy (non-hydrogen) atoms. The van der Waals surface area contributed by atoms with Gasteiger partial charge in [-0.25, -0.2) is 0 Å². The molecule has 0 aliphatic carbocycles. The largest absolute Gasteiger partial charge is 0.498 e. The minimum atomic E-state index is -0.268. The molecule has 0 aromatic rings. The van der Waals surface area contributed by atoms with Gasteiger partial charge >= 0.3 is 7.12 Å². The molecule has 1 rings (SSSR count). The van der Waals surface area contributed by atoms with Crippen LogP contribution >= 0.6 is 0 Å². The molecule has 1 aliphatic rings. The van der Waals surface area contributed by atoms with Crippen molar-refractivity contribution in [3.8, 4) is 0 Å². The fourth-order valence-corrected chi connectivity index (χ4v) is 2.25. The fourth-order valence-electron chi connectivity index (χ4n) is 2.25. The maximum atomic E-state index is 6.18. The summed E-state index contributed by atoms with van der Waals surface area (Å²) in [5, 5.41) is 0. The Hall–Kier alpha value is -0.495. The Morgan fingerprint density at radius 3 is 1.85 bits per heavy atom. The van der Waals surface area contributed by atoms with Gasteiger partial charge in [-0.1, -0.05) is 27.2 Å². The summed E-state index contributed by atoms with van der Waals surface area (Å²) in [5.74, 6) is 0. The summed E-state index contributed by atoms with van der Waals surface area (Å²) in [6.07, 6.45) is 5.44. The zero-order chi connectivity index (χ0) is 15.4. The molecule has 0 aromatic carbocycles. The van der Waals surface area contributed by atoms with Gasteiger partial charge in [0.25, 0.3) is 0 Å². The molecule has 1 saturated heterocycles. The Labute approximate surface area is 125 Å². The predicted octanol–water partition coefficient (Wildman–Crippen LogP) is 5.08. The fraction of sp³-hybridized carbons (Fsp3) is 0.824. The third kappa shape index (κ3) is 4.01. The third-order valence-electron chi connectivity index (χ3n) is 4.53. The van der Waals surface area contributed by atoms with Gasteiger partial charge < -0.3 is 9.31 Å². The molecule has 0 amide bonds. The Morgan fingerprint density at radius 2 is 1.45 bits per heavy atom. The van der Waals surface area contributed by atoms with Gasteiger partial charge in [0.2, 0.25) is 0 Å². The standard InChI is InChI=1S/C17H31BO2/c1-8-11-12-15(13-14(9-2)10-3)18-19-16(4,5)17(6,7)20-18/h8-12H2,1-7H3. The zero-order valence-electron chi connectivity index (χ0n) is 14.4. The first-order valence-electron chi connectivity index (χ1n) is 8.10. The lowest BCUT2D eigenvalue weighted by molar-refractivity contribution is 0.00578. The molecular weight excluding hydrogens is 247 g/mol. The predicted molar refractivity (Wildman–Crippen MR) is 86.7 cm³/mol. The number of unbranched alkanes of at least 4 members (excludes halogenated alkanes) is 1. The topological polar surface area (TPSA) is 18.5 Å². The van der Waals surface area contributed by atoms with E-state index in [-0.39, 0.29) is 18.3 Å². The first kappa shape index (κ1) is 17.6. The van der Waals surface area contributed by atoms with Crippen molar-refractivity contribution in [3.05, 3.63) is 16.8 Å². The van der Waals surface area contributed by atoms with Crippen molar-refractivity contribution >= 4 is 7.12 Å². The van der Waals surface area contributed by atoms with E-state index in [0.29, 0.717) is 0 Å². The van der Waals surface area contributed by atoms with E-state index in [4.69, 9.17) is 9.31 Å². The van der Waals surface area contributed by atoms with E-state index in [1.54, 1.807) is 0 Å². The SMILES string of the molecule is CCCCC(=C=C(CC)CC)B1OC(C)(C)C(C)(C)O1. The highest BCUT2D eigenvalue weighted by molar-refractivity contribution is 6.54. The van der Waals surface area contributed by atoms with Gasteiger partial charge in [0.1, 0.15) is 0 Å². The van der Waals surface area contributed by atoms with Crippen LogP contribution in [0.5, 0.6) is 0 Å². The van der Waals surface area contributed by atoms with Crippen LogP contribution in [0.2, 0.25) is 0 Å². The first-order valence-corrected chi connectivity index (χ1v) is 8.10. The first-order chi connectivity index (χ1) is 9.27. The van der Waals surface area contributed by atoms with Crippen LogP contribution in [-0.2, 0) is 9.31 Å². The molecule has 0 N–H and O–H groups in total. The normalized spacial score (nSPS) is 19.9. The molecule has 2 nitrogen and oxygen atoms in total. The van der Waals surface area contributed by atoms with E-state index < -0.39 is 0 Å². The lowest BCUT2D eigenvalue weighted by Gasteiger charge is -2.32. The van der Waals surface area contributed by atoms with Gasteiger partial charge in [-0.3, -0.25) is 0 Å². The molecule has 0 spiro atoms. The van der Waals surface area contributed by atoms with Crippen molar-refractivity contribution in [1.29, 1.82) is 0 Å². The van der Waals surface area contributed by atoms with Crippen LogP contribution in [0.15, 0.2) is 16.8 Å². The maximum Gasteiger partial charge on any atom is 0.498 e. The number of allylic oxidation sites excluding steroid dienone is 1. The summed E-state index contributed by atoms with van der Waals surface area (Å²) < 4.78 is 12.4. The van der Waals surface area contributed by atoms with E-state index >= 15 is 0 Å². The van der Waals surface area contributed by atoms with Crippen LogP contribution in [-0.4, -0.2) is 18.3 Å². The second-order valence-electron chi connectivity index (χ2n) is 6.65. The highest BCUT2D eigenvalue weighted by atomic mass is 16.7. The maximum absolute atomic E-state index is 6.18. The quantitative estimate of drug-likeness (QED) is 0.498. The van der Waals surface area contributed by atoms with Gasteiger partial charge in [-0.15, -0.1) is 5.73 Å². The summed E-state index contributed by atoms with van der Waals surface area (Å²) in [5.41, 5.74) is 5.59. The minimum absolute atomic E-state index is 0.236. The van der Waals surface area contributed by atoms with E-state index in [9.17, 15) is 0 Å². The molecule has 114 valence electrons. The van der Waals surface area contributed by atoms with Crippen LogP contribution in [0.25, 0.3) is 0 Å². The third-order valence-corrected chi connectivity index (χ3v) is 4.53. The molecule has 3 heteroatoms. The average Bonchev–Trinajstić information content (AvgIpc) is 2.59. The number of rotatable bonds is 6. The summed E-state index contributed by atoms with van der Waals surface area (Å²) in [6.45, 7) is 15.0. The van der Waals surface area contributed by atoms with Gasteiger partial charge in [-0.05, 0) is 59.0 Å². The summed E-state index contributed by atoms with van der Waals surface area (Å²) in [6, 6.07) is 0. The number of hydrogen-bond donors (Lipinski definition) is 0. The van der Waals surface area contributed by atoms with E-state index in [1.165, 1.54) is 17.5 Å². The van der Waals surface area contributed by atoms with Crippen molar-refractivity contribution in [1.82, 2.24) is 0 Å². The van der Waals surface area contributed by atoms with Crippen molar-refractivity contribution in [2.45, 2.75) is 91.8 Å². The second-order valence-corrected chi connectivity index (χ2v) is 6.65. The van der Waals surface area contributed by atoms with Crippen molar-refractivity contribution in [2.24, 2.45) is 0 Å². The van der Waals surface area contributed by atoms with Crippen molar-refractivity contribution in [3.63, 3.8) is 0 Å². The summed E-state index contributed by atoms with van der Waals surface area (Å²) in [4.78, 5) is 0. The minimum Gasteiger partial charge on any atom is -0.399 e. The van der Waals surface area contributed by atoms with Gasteiger partial charge in [-0.2, -0.15) is 0 Å². The van der Waals surface area contributed by atoms with Gasteiger partial charge in [0.15, 0.2) is 0 Å². The molecule has 1 aliphatic heterocycles. The van der Waals surface area contributed by atoms with Gasteiger partial charge in [0, 0.05) is 5.47 Å². The molecule has 0 radical (unpaired) electrons. The van der Waals surface area contributed by atoms with Crippen LogP contribution in [0.1, 0.15) is 80.6 Å². The van der Waals surface area contributed by atoms with E-state index in [2.05, 4.69) is 54.2 Å². The number of hydrogen-bond acceptors (Lipinski definition) is 2. The lowest BCUT2D eigenvalue weighted by Crippen LogP contribution is -2.41. The van der Waals surface area contributed by atoms with E-state index in [1.807, 2.05) is 0 Å². The van der Waals surface area contributed by atoms with Crippen LogP contribution in [0, 0.1) is 0 Å². The molecule has 1 fully saturated rings. The zero-order valence-corrected chi connectivity index (χ0v) is 14.4. The highest BCUT2D eigenvalue weighted by Gasteiger charge is 2.52. The second kappa shape index (κ2) is 6.98. The van der Waals surface area contributed by atoms with Crippen LogP contribution in [0.3, 0.4) is 0 Å².